The molecule has 0 aliphatic rings. The number of hydrogen-bond donors (Lipinski definition) is 1. The van der Waals surface area contributed by atoms with Gasteiger partial charge in [0, 0.05) is 12.5 Å². The molecule has 26 heavy (non-hydrogen) atoms. The Morgan fingerprint density at radius 1 is 1.15 bits per heavy atom. The predicted octanol–water partition coefficient (Wildman–Crippen LogP) is 2.28. The van der Waals surface area contributed by atoms with E-state index < -0.39 is 10.9 Å². The summed E-state index contributed by atoms with van der Waals surface area (Å²) in [5, 5.41) is 14.5. The number of hydrogen-bond acceptors (Lipinski definition) is 7. The lowest BCUT2D eigenvalue weighted by molar-refractivity contribution is -0.385. The minimum atomic E-state index is -0.965. The average Bonchev–Trinajstić information content (AvgIpc) is 2.65. The highest BCUT2D eigenvalue weighted by molar-refractivity contribution is 5.94. The molecule has 0 aromatic heterocycles. The Morgan fingerprint density at radius 2 is 1.85 bits per heavy atom. The molecule has 2 aromatic carbocycles. The van der Waals surface area contributed by atoms with Crippen molar-refractivity contribution in [2.75, 3.05) is 14.2 Å². The summed E-state index contributed by atoms with van der Waals surface area (Å²) in [4.78, 5) is 27.0. The maximum absolute atomic E-state index is 12.0. The molecule has 0 bridgehead atoms. The van der Waals surface area contributed by atoms with E-state index in [1.165, 1.54) is 38.5 Å². The topological polar surface area (TPSA) is 126 Å². The first-order chi connectivity index (χ1) is 12.5. The Morgan fingerprint density at radius 3 is 2.50 bits per heavy atom. The van der Waals surface area contributed by atoms with Crippen LogP contribution in [0.5, 0.6) is 11.5 Å². The monoisotopic (exact) mass is 359 g/mol. The minimum Gasteiger partial charge on any atom is -0.493 e. The van der Waals surface area contributed by atoms with Gasteiger partial charge in [0.1, 0.15) is 11.4 Å². The first-order valence-corrected chi connectivity index (χ1v) is 7.44. The summed E-state index contributed by atoms with van der Waals surface area (Å²) >= 11 is 0. The summed E-state index contributed by atoms with van der Waals surface area (Å²) in [5.41, 5.74) is 5.94. The molecule has 0 atom stereocenters. The molecular weight excluding hydrogens is 342 g/mol. The van der Waals surface area contributed by atoms with E-state index in [0.29, 0.717) is 11.5 Å². The van der Waals surface area contributed by atoms with Crippen LogP contribution in [0.25, 0.3) is 0 Å². The third-order valence-corrected chi connectivity index (χ3v) is 3.40. The van der Waals surface area contributed by atoms with Gasteiger partial charge in [-0.3, -0.25) is 10.1 Å². The quantitative estimate of drug-likeness (QED) is 0.264. The molecule has 0 heterocycles. The maximum Gasteiger partial charge on any atom is 0.372 e. The van der Waals surface area contributed by atoms with Crippen LogP contribution in [0.2, 0.25) is 0 Å². The van der Waals surface area contributed by atoms with E-state index >= 15 is 0 Å². The van der Waals surface area contributed by atoms with Crippen LogP contribution in [-0.4, -0.2) is 30.9 Å². The molecular formula is C17H17N3O6. The molecule has 0 fully saturated rings. The number of nitro groups is 1. The van der Waals surface area contributed by atoms with Gasteiger partial charge in [0.05, 0.1) is 19.1 Å². The molecule has 0 saturated heterocycles. The van der Waals surface area contributed by atoms with Gasteiger partial charge < -0.3 is 20.0 Å². The van der Waals surface area contributed by atoms with Gasteiger partial charge in [-0.2, -0.15) is 0 Å². The first-order valence-electron chi connectivity index (χ1n) is 7.44. The number of para-hydroxylation sites is 1. The van der Waals surface area contributed by atoms with Crippen LogP contribution < -0.4 is 15.2 Å². The lowest BCUT2D eigenvalue weighted by atomic mass is 10.1. The number of ether oxygens (including phenoxy) is 2. The summed E-state index contributed by atoms with van der Waals surface area (Å²) in [5.74, 6) is 0.140. The smallest absolute Gasteiger partial charge is 0.372 e. The Bertz CT molecular complexity index is 850. The molecule has 0 aliphatic heterocycles. The number of carbonyl (C=O) groups is 1. The highest BCUT2D eigenvalue weighted by Crippen LogP contribution is 2.27. The van der Waals surface area contributed by atoms with Crippen molar-refractivity contribution in [3.05, 3.63) is 63.7 Å². The summed E-state index contributed by atoms with van der Waals surface area (Å²) in [6.07, 6.45) is 0.185. The number of nitrogens with zero attached hydrogens (tertiary/aromatic N) is 2. The number of amidine groups is 1. The van der Waals surface area contributed by atoms with Crippen LogP contribution in [0.3, 0.4) is 0 Å². The van der Waals surface area contributed by atoms with E-state index in [1.54, 1.807) is 18.2 Å². The maximum atomic E-state index is 12.0. The molecule has 2 rings (SSSR count). The van der Waals surface area contributed by atoms with Crippen molar-refractivity contribution < 1.29 is 24.0 Å². The van der Waals surface area contributed by atoms with Gasteiger partial charge in [-0.1, -0.05) is 23.4 Å². The van der Waals surface area contributed by atoms with Gasteiger partial charge >= 0.3 is 5.97 Å². The van der Waals surface area contributed by atoms with Crippen LogP contribution >= 0.6 is 0 Å². The SMILES string of the molecule is COc1ccc(C/C(N)=N/OC(=O)c2ccccc2[N+](=O)[O-])cc1OC. The first kappa shape index (κ1) is 18.7. The molecule has 0 spiro atoms. The zero-order valence-electron chi connectivity index (χ0n) is 14.2. The minimum absolute atomic E-state index is 0.0177. The normalized spacial score (nSPS) is 10.9. The van der Waals surface area contributed by atoms with Crippen LogP contribution in [0, 0.1) is 10.1 Å². The van der Waals surface area contributed by atoms with Crippen molar-refractivity contribution >= 4 is 17.5 Å². The van der Waals surface area contributed by atoms with Gasteiger partial charge in [-0.05, 0) is 23.8 Å². The lowest BCUT2D eigenvalue weighted by Gasteiger charge is -2.09. The van der Waals surface area contributed by atoms with E-state index in [1.807, 2.05) is 0 Å². The van der Waals surface area contributed by atoms with Crippen molar-refractivity contribution in [1.29, 1.82) is 0 Å². The molecule has 9 nitrogen and oxygen atoms in total. The van der Waals surface area contributed by atoms with E-state index in [0.717, 1.165) is 5.56 Å². The summed E-state index contributed by atoms with van der Waals surface area (Å²) in [6.45, 7) is 0. The van der Waals surface area contributed by atoms with E-state index in [2.05, 4.69) is 5.16 Å². The molecule has 0 amide bonds. The molecule has 136 valence electrons. The van der Waals surface area contributed by atoms with Gasteiger partial charge in [0.15, 0.2) is 11.5 Å². The largest absolute Gasteiger partial charge is 0.493 e. The van der Waals surface area contributed by atoms with Gasteiger partial charge in [-0.15, -0.1) is 0 Å². The van der Waals surface area contributed by atoms with Gasteiger partial charge in [0.25, 0.3) is 5.69 Å². The predicted molar refractivity (Wildman–Crippen MR) is 93.4 cm³/mol. The number of nitro benzene ring substituents is 1. The van der Waals surface area contributed by atoms with E-state index in [-0.39, 0.29) is 23.5 Å². The number of rotatable bonds is 7. The lowest BCUT2D eigenvalue weighted by Crippen LogP contribution is -2.17. The highest BCUT2D eigenvalue weighted by Gasteiger charge is 2.20. The zero-order valence-corrected chi connectivity index (χ0v) is 14.2. The standard InChI is InChI=1S/C17H17N3O6/c1-24-14-8-7-11(9-15(14)25-2)10-16(18)19-26-17(21)12-5-3-4-6-13(12)20(22)23/h3-9H,10H2,1-2H3,(H2,18,19). The molecule has 2 aromatic rings. The number of carbonyl (C=O) groups excluding carboxylic acids is 1. The Labute approximate surface area is 149 Å². The number of nitrogens with two attached hydrogens (primary N) is 1. The second-order valence-corrected chi connectivity index (χ2v) is 5.10. The van der Waals surface area contributed by atoms with Crippen LogP contribution in [-0.2, 0) is 11.3 Å². The summed E-state index contributed by atoms with van der Waals surface area (Å²) < 4.78 is 10.3. The fourth-order valence-electron chi connectivity index (χ4n) is 2.19. The van der Waals surface area contributed by atoms with Gasteiger partial charge in [0.2, 0.25) is 0 Å². The van der Waals surface area contributed by atoms with E-state index in [4.69, 9.17) is 20.0 Å². The van der Waals surface area contributed by atoms with Crippen LogP contribution in [0.4, 0.5) is 5.69 Å². The molecule has 0 saturated carbocycles. The van der Waals surface area contributed by atoms with Crippen molar-refractivity contribution in [2.24, 2.45) is 10.9 Å². The second kappa shape index (κ2) is 8.47. The van der Waals surface area contributed by atoms with Crippen molar-refractivity contribution in [1.82, 2.24) is 0 Å². The molecule has 0 aliphatic carbocycles. The number of methoxy groups -OCH3 is 2. The molecule has 9 heteroatoms. The Hall–Kier alpha value is -3.62. The fourth-order valence-corrected chi connectivity index (χ4v) is 2.19. The van der Waals surface area contributed by atoms with E-state index in [9.17, 15) is 14.9 Å². The summed E-state index contributed by atoms with van der Waals surface area (Å²) in [7, 11) is 3.03. The third kappa shape index (κ3) is 4.47. The fraction of sp³-hybridized carbons (Fsp3) is 0.176. The van der Waals surface area contributed by atoms with Gasteiger partial charge in [-0.25, -0.2) is 4.79 Å². The zero-order chi connectivity index (χ0) is 19.1. The van der Waals surface area contributed by atoms with Crippen molar-refractivity contribution in [3.8, 4) is 11.5 Å². The van der Waals surface area contributed by atoms with Crippen molar-refractivity contribution in [3.63, 3.8) is 0 Å². The Balaban J connectivity index is 2.09. The molecule has 0 radical (unpaired) electrons. The van der Waals surface area contributed by atoms with Crippen LogP contribution in [0.15, 0.2) is 47.6 Å². The summed E-state index contributed by atoms with van der Waals surface area (Å²) in [6, 6.07) is 10.6. The number of benzene rings is 2. The average molecular weight is 359 g/mol. The van der Waals surface area contributed by atoms with Crippen molar-refractivity contribution in [2.45, 2.75) is 6.42 Å². The highest BCUT2D eigenvalue weighted by atomic mass is 16.7. The Kier molecular flexibility index (Phi) is 6.10. The molecule has 2 N–H and O–H groups in total. The van der Waals surface area contributed by atoms with Crippen LogP contribution in [0.1, 0.15) is 15.9 Å². The second-order valence-electron chi connectivity index (χ2n) is 5.10. The number of oxime groups is 1. The molecule has 0 unspecified atom stereocenters. The third-order valence-electron chi connectivity index (χ3n) is 3.40.